The molecule has 0 aromatic carbocycles. The Morgan fingerprint density at radius 3 is 2.60 bits per heavy atom. The molecule has 1 rings (SSSR count). The Bertz CT molecular complexity index is 538. The number of hydrogen-bond donors (Lipinski definition) is 2. The molecular weight excluding hydrogens is 306 g/mol. The highest BCUT2D eigenvalue weighted by atomic mass is 35.5. The zero-order chi connectivity index (χ0) is 15.2. The molecule has 0 aliphatic carbocycles. The molecule has 0 aliphatic heterocycles. The Morgan fingerprint density at radius 2 is 2.00 bits per heavy atom. The van der Waals surface area contributed by atoms with Crippen molar-refractivity contribution in [2.75, 3.05) is 24.2 Å². The predicted octanol–water partition coefficient (Wildman–Crippen LogP) is 0.663. The molecule has 114 valence electrons. The van der Waals surface area contributed by atoms with Crippen molar-refractivity contribution < 1.29 is 13.2 Å². The minimum Gasteiger partial charge on any atom is -0.461 e. The Morgan fingerprint density at radius 1 is 1.30 bits per heavy atom. The molecule has 8 nitrogen and oxygen atoms in total. The molecule has 20 heavy (non-hydrogen) atoms. The number of nitrogens with one attached hydrogen (secondary N) is 2. The predicted molar refractivity (Wildman–Crippen MR) is 76.6 cm³/mol. The van der Waals surface area contributed by atoms with Gasteiger partial charge in [-0.2, -0.15) is 15.0 Å². The third kappa shape index (κ3) is 6.31. The molecular formula is C10H18ClN5O3S. The first kappa shape index (κ1) is 16.9. The highest BCUT2D eigenvalue weighted by Crippen LogP contribution is 2.12. The van der Waals surface area contributed by atoms with Gasteiger partial charge in [0.05, 0.1) is 11.9 Å². The van der Waals surface area contributed by atoms with Gasteiger partial charge in [-0.15, -0.1) is 0 Å². The van der Waals surface area contributed by atoms with Gasteiger partial charge in [0.15, 0.2) is 0 Å². The molecule has 0 radical (unpaired) electrons. The van der Waals surface area contributed by atoms with Crippen LogP contribution in [0.25, 0.3) is 0 Å². The molecule has 1 heterocycles. The molecule has 0 spiro atoms. The van der Waals surface area contributed by atoms with Crippen LogP contribution in [0.5, 0.6) is 6.01 Å². The smallest absolute Gasteiger partial charge is 0.322 e. The van der Waals surface area contributed by atoms with Crippen molar-refractivity contribution in [3.63, 3.8) is 0 Å². The summed E-state index contributed by atoms with van der Waals surface area (Å²) in [5.41, 5.74) is 0. The fourth-order valence-corrected chi connectivity index (χ4v) is 2.37. The van der Waals surface area contributed by atoms with E-state index in [1.807, 2.05) is 13.8 Å². The van der Waals surface area contributed by atoms with Crippen LogP contribution in [0.2, 0.25) is 5.28 Å². The number of anilines is 1. The molecule has 0 amide bonds. The van der Waals surface area contributed by atoms with E-state index in [4.69, 9.17) is 16.3 Å². The zero-order valence-electron chi connectivity index (χ0n) is 11.6. The summed E-state index contributed by atoms with van der Waals surface area (Å²) < 4.78 is 30.6. The quantitative estimate of drug-likeness (QED) is 0.724. The zero-order valence-corrected chi connectivity index (χ0v) is 13.1. The van der Waals surface area contributed by atoms with Crippen molar-refractivity contribution in [2.24, 2.45) is 0 Å². The average Bonchev–Trinajstić information content (AvgIpc) is 2.26. The first-order chi connectivity index (χ1) is 9.32. The van der Waals surface area contributed by atoms with Crippen LogP contribution in [-0.2, 0) is 10.0 Å². The minimum absolute atomic E-state index is 0.0207. The van der Waals surface area contributed by atoms with Gasteiger partial charge in [-0.05, 0) is 25.4 Å². The van der Waals surface area contributed by atoms with Crippen molar-refractivity contribution in [2.45, 2.75) is 26.9 Å². The van der Waals surface area contributed by atoms with Gasteiger partial charge in [0.2, 0.25) is 21.3 Å². The largest absolute Gasteiger partial charge is 0.461 e. The fourth-order valence-electron chi connectivity index (χ4n) is 1.26. The Kier molecular flexibility index (Phi) is 6.37. The van der Waals surface area contributed by atoms with Crippen molar-refractivity contribution >= 4 is 27.6 Å². The molecule has 0 atom stereocenters. The normalized spacial score (nSPS) is 11.7. The summed E-state index contributed by atoms with van der Waals surface area (Å²) in [7, 11) is -3.29. The van der Waals surface area contributed by atoms with E-state index in [1.165, 1.54) is 0 Å². The maximum Gasteiger partial charge on any atom is 0.322 e. The van der Waals surface area contributed by atoms with Gasteiger partial charge in [0.1, 0.15) is 0 Å². The van der Waals surface area contributed by atoms with Crippen LogP contribution in [-0.4, -0.2) is 48.3 Å². The van der Waals surface area contributed by atoms with E-state index in [9.17, 15) is 8.42 Å². The third-order valence-corrected chi connectivity index (χ3v) is 3.59. The molecule has 0 bridgehead atoms. The van der Waals surface area contributed by atoms with Gasteiger partial charge in [0, 0.05) is 13.1 Å². The summed E-state index contributed by atoms with van der Waals surface area (Å²) in [6, 6.07) is 0.0945. The van der Waals surface area contributed by atoms with Crippen molar-refractivity contribution in [1.82, 2.24) is 19.7 Å². The first-order valence-corrected chi connectivity index (χ1v) is 8.15. The van der Waals surface area contributed by atoms with E-state index in [0.717, 1.165) is 0 Å². The second kappa shape index (κ2) is 7.55. The highest BCUT2D eigenvalue weighted by Gasteiger charge is 2.10. The monoisotopic (exact) mass is 323 g/mol. The topological polar surface area (TPSA) is 106 Å². The van der Waals surface area contributed by atoms with Gasteiger partial charge in [0.25, 0.3) is 0 Å². The molecule has 1 aromatic rings. The van der Waals surface area contributed by atoms with Crippen molar-refractivity contribution in [1.29, 1.82) is 0 Å². The number of nitrogens with zero attached hydrogens (tertiary/aromatic N) is 3. The van der Waals surface area contributed by atoms with Gasteiger partial charge >= 0.3 is 6.01 Å². The number of halogens is 1. The lowest BCUT2D eigenvalue weighted by atomic mass is 10.5. The first-order valence-electron chi connectivity index (χ1n) is 6.12. The highest BCUT2D eigenvalue weighted by molar-refractivity contribution is 7.89. The summed E-state index contributed by atoms with van der Waals surface area (Å²) in [6.45, 7) is 5.87. The van der Waals surface area contributed by atoms with E-state index in [0.29, 0.717) is 6.54 Å². The summed E-state index contributed by atoms with van der Waals surface area (Å²) in [5.74, 6) is 0.0807. The van der Waals surface area contributed by atoms with Crippen LogP contribution in [0.4, 0.5) is 5.95 Å². The molecule has 0 fully saturated rings. The van der Waals surface area contributed by atoms with E-state index < -0.39 is 10.0 Å². The van der Waals surface area contributed by atoms with Crippen LogP contribution in [0, 0.1) is 0 Å². The van der Waals surface area contributed by atoms with E-state index >= 15 is 0 Å². The van der Waals surface area contributed by atoms with Crippen LogP contribution in [0.15, 0.2) is 0 Å². The molecule has 0 saturated heterocycles. The number of rotatable bonds is 8. The van der Waals surface area contributed by atoms with Crippen LogP contribution in [0.3, 0.4) is 0 Å². The molecule has 2 N–H and O–H groups in total. The van der Waals surface area contributed by atoms with Crippen LogP contribution in [0.1, 0.15) is 20.8 Å². The molecule has 1 aromatic heterocycles. The molecule has 10 heteroatoms. The number of ether oxygens (including phenoxy) is 1. The Hall–Kier alpha value is -1.19. The van der Waals surface area contributed by atoms with Crippen molar-refractivity contribution in [3.8, 4) is 6.01 Å². The summed E-state index contributed by atoms with van der Waals surface area (Å²) >= 11 is 5.74. The third-order valence-electron chi connectivity index (χ3n) is 1.95. The van der Waals surface area contributed by atoms with Gasteiger partial charge in [-0.25, -0.2) is 13.1 Å². The molecule has 0 saturated carbocycles. The SMILES string of the molecule is CCNS(=O)(=O)CCNc1nc(Cl)nc(OC(C)C)n1. The second-order valence-corrected chi connectivity index (χ2v) is 6.39. The second-order valence-electron chi connectivity index (χ2n) is 4.12. The van der Waals surface area contributed by atoms with Gasteiger partial charge < -0.3 is 10.1 Å². The van der Waals surface area contributed by atoms with E-state index in [1.54, 1.807) is 6.92 Å². The standard InChI is InChI=1S/C10H18ClN5O3S/c1-4-13-20(17,18)6-5-12-9-14-8(11)15-10(16-9)19-7(2)3/h7,13H,4-6H2,1-3H3,(H,12,14,15,16). The summed E-state index contributed by atoms with van der Waals surface area (Å²) in [5, 5.41) is 2.75. The van der Waals surface area contributed by atoms with E-state index in [-0.39, 0.29) is 35.6 Å². The number of sulfonamides is 1. The molecule has 0 unspecified atom stereocenters. The molecule has 0 aliphatic rings. The minimum atomic E-state index is -3.29. The Labute approximate surface area is 123 Å². The lowest BCUT2D eigenvalue weighted by Crippen LogP contribution is -2.29. The van der Waals surface area contributed by atoms with Gasteiger partial charge in [-0.3, -0.25) is 0 Å². The number of aromatic nitrogens is 3. The van der Waals surface area contributed by atoms with Crippen LogP contribution < -0.4 is 14.8 Å². The van der Waals surface area contributed by atoms with Gasteiger partial charge in [-0.1, -0.05) is 6.92 Å². The fraction of sp³-hybridized carbons (Fsp3) is 0.700. The maximum atomic E-state index is 11.4. The maximum absolute atomic E-state index is 11.4. The lowest BCUT2D eigenvalue weighted by molar-refractivity contribution is 0.222. The van der Waals surface area contributed by atoms with Crippen LogP contribution >= 0.6 is 11.6 Å². The summed E-state index contributed by atoms with van der Waals surface area (Å²) in [6.07, 6.45) is -0.101. The average molecular weight is 324 g/mol. The Balaban J connectivity index is 2.62. The number of hydrogen-bond acceptors (Lipinski definition) is 7. The van der Waals surface area contributed by atoms with E-state index in [2.05, 4.69) is 25.0 Å². The lowest BCUT2D eigenvalue weighted by Gasteiger charge is -2.10. The van der Waals surface area contributed by atoms with Crippen molar-refractivity contribution in [3.05, 3.63) is 5.28 Å². The summed E-state index contributed by atoms with van der Waals surface area (Å²) in [4.78, 5) is 11.6.